The Morgan fingerprint density at radius 2 is 2.31 bits per heavy atom. The number of nitriles is 1. The van der Waals surface area contributed by atoms with Gasteiger partial charge in [0.05, 0.1) is 12.2 Å². The summed E-state index contributed by atoms with van der Waals surface area (Å²) in [5.41, 5.74) is 1.46. The summed E-state index contributed by atoms with van der Waals surface area (Å²) in [5, 5.41) is 12.1. The van der Waals surface area contributed by atoms with Crippen molar-refractivity contribution in [2.45, 2.75) is 26.8 Å². The standard InChI is InChI=1S/C12H17N3O/c1-4-16-8-10(3)15-12-11(7-13)6-5-9(2)14-12/h5-6,10H,4,8H2,1-3H3,(H,14,15). The fourth-order valence-corrected chi connectivity index (χ4v) is 1.33. The summed E-state index contributed by atoms with van der Waals surface area (Å²) < 4.78 is 5.30. The normalized spacial score (nSPS) is 11.9. The molecule has 0 saturated carbocycles. The summed E-state index contributed by atoms with van der Waals surface area (Å²) in [5.74, 6) is 0.634. The summed E-state index contributed by atoms with van der Waals surface area (Å²) in [6.07, 6.45) is 0. The van der Waals surface area contributed by atoms with E-state index in [0.29, 0.717) is 24.6 Å². The number of ether oxygens (including phenoxy) is 1. The quantitative estimate of drug-likeness (QED) is 0.824. The molecule has 0 aliphatic heterocycles. The van der Waals surface area contributed by atoms with Crippen LogP contribution in [0.1, 0.15) is 25.1 Å². The van der Waals surface area contributed by atoms with Gasteiger partial charge in [0.15, 0.2) is 0 Å². The molecule has 0 saturated heterocycles. The van der Waals surface area contributed by atoms with Crippen LogP contribution in [0.4, 0.5) is 5.82 Å². The Labute approximate surface area is 96.3 Å². The maximum absolute atomic E-state index is 8.94. The van der Waals surface area contributed by atoms with Gasteiger partial charge >= 0.3 is 0 Å². The third-order valence-corrected chi connectivity index (χ3v) is 2.11. The molecule has 0 spiro atoms. The fourth-order valence-electron chi connectivity index (χ4n) is 1.33. The molecule has 0 aromatic carbocycles. The zero-order chi connectivity index (χ0) is 12.0. The van der Waals surface area contributed by atoms with Crippen LogP contribution < -0.4 is 5.32 Å². The van der Waals surface area contributed by atoms with Crippen molar-refractivity contribution < 1.29 is 4.74 Å². The number of anilines is 1. The molecule has 1 heterocycles. The highest BCUT2D eigenvalue weighted by molar-refractivity contribution is 5.52. The Bertz CT molecular complexity index is 384. The van der Waals surface area contributed by atoms with Gasteiger partial charge in [-0.1, -0.05) is 0 Å². The number of nitrogens with one attached hydrogen (secondary N) is 1. The molecule has 1 aromatic heterocycles. The zero-order valence-corrected chi connectivity index (χ0v) is 9.95. The van der Waals surface area contributed by atoms with Gasteiger partial charge in [-0.2, -0.15) is 5.26 Å². The summed E-state index contributed by atoms with van der Waals surface area (Å²) in [4.78, 5) is 4.30. The van der Waals surface area contributed by atoms with Crippen LogP contribution in [-0.2, 0) is 4.74 Å². The first-order valence-electron chi connectivity index (χ1n) is 5.39. The van der Waals surface area contributed by atoms with Crippen LogP contribution >= 0.6 is 0 Å². The molecule has 1 N–H and O–H groups in total. The Morgan fingerprint density at radius 3 is 2.94 bits per heavy atom. The largest absolute Gasteiger partial charge is 0.380 e. The van der Waals surface area contributed by atoms with Gasteiger partial charge in [0.25, 0.3) is 0 Å². The van der Waals surface area contributed by atoms with Gasteiger partial charge in [0.1, 0.15) is 11.9 Å². The second kappa shape index (κ2) is 6.09. The molecule has 0 fully saturated rings. The van der Waals surface area contributed by atoms with Gasteiger partial charge < -0.3 is 10.1 Å². The lowest BCUT2D eigenvalue weighted by Crippen LogP contribution is -2.23. The van der Waals surface area contributed by atoms with Gasteiger partial charge in [-0.15, -0.1) is 0 Å². The molecule has 0 aliphatic carbocycles. The lowest BCUT2D eigenvalue weighted by molar-refractivity contribution is 0.141. The van der Waals surface area contributed by atoms with Crippen molar-refractivity contribution in [3.8, 4) is 6.07 Å². The van der Waals surface area contributed by atoms with E-state index in [2.05, 4.69) is 16.4 Å². The summed E-state index contributed by atoms with van der Waals surface area (Å²) in [6.45, 7) is 7.16. The van der Waals surface area contributed by atoms with E-state index >= 15 is 0 Å². The lowest BCUT2D eigenvalue weighted by atomic mass is 10.2. The first kappa shape index (κ1) is 12.5. The number of hydrogen-bond donors (Lipinski definition) is 1. The van der Waals surface area contributed by atoms with Crippen molar-refractivity contribution in [3.05, 3.63) is 23.4 Å². The second-order valence-electron chi connectivity index (χ2n) is 3.67. The van der Waals surface area contributed by atoms with Crippen molar-refractivity contribution in [2.24, 2.45) is 0 Å². The zero-order valence-electron chi connectivity index (χ0n) is 9.95. The average molecular weight is 219 g/mol. The summed E-state index contributed by atoms with van der Waals surface area (Å²) in [6, 6.07) is 5.86. The van der Waals surface area contributed by atoms with Crippen molar-refractivity contribution in [3.63, 3.8) is 0 Å². The van der Waals surface area contributed by atoms with Crippen molar-refractivity contribution in [1.29, 1.82) is 5.26 Å². The van der Waals surface area contributed by atoms with Crippen LogP contribution in [0.2, 0.25) is 0 Å². The fraction of sp³-hybridized carbons (Fsp3) is 0.500. The van der Waals surface area contributed by atoms with Crippen LogP contribution in [0, 0.1) is 18.3 Å². The second-order valence-corrected chi connectivity index (χ2v) is 3.67. The Hall–Kier alpha value is -1.60. The Balaban J connectivity index is 2.72. The number of rotatable bonds is 5. The van der Waals surface area contributed by atoms with Crippen molar-refractivity contribution in [2.75, 3.05) is 18.5 Å². The number of pyridine rings is 1. The van der Waals surface area contributed by atoms with E-state index in [1.165, 1.54) is 0 Å². The molecular formula is C12H17N3O. The number of nitrogens with zero attached hydrogens (tertiary/aromatic N) is 2. The van der Waals surface area contributed by atoms with Crippen LogP contribution in [0.3, 0.4) is 0 Å². The first-order chi connectivity index (χ1) is 7.67. The van der Waals surface area contributed by atoms with Gasteiger partial charge in [0.2, 0.25) is 0 Å². The molecule has 0 bridgehead atoms. The molecule has 4 heteroatoms. The van der Waals surface area contributed by atoms with E-state index in [-0.39, 0.29) is 6.04 Å². The van der Waals surface area contributed by atoms with Crippen molar-refractivity contribution in [1.82, 2.24) is 4.98 Å². The van der Waals surface area contributed by atoms with Gasteiger partial charge in [0, 0.05) is 18.3 Å². The third kappa shape index (κ3) is 3.52. The maximum Gasteiger partial charge on any atom is 0.144 e. The smallest absolute Gasteiger partial charge is 0.144 e. The molecule has 1 aromatic rings. The highest BCUT2D eigenvalue weighted by Crippen LogP contribution is 2.13. The molecule has 1 rings (SSSR count). The van der Waals surface area contributed by atoms with Crippen LogP contribution in [0.15, 0.2) is 12.1 Å². The van der Waals surface area contributed by atoms with Gasteiger partial charge in [-0.05, 0) is 32.9 Å². The minimum Gasteiger partial charge on any atom is -0.380 e. The molecule has 0 aliphatic rings. The van der Waals surface area contributed by atoms with E-state index in [1.54, 1.807) is 6.07 Å². The minimum atomic E-state index is 0.140. The number of aryl methyl sites for hydroxylation is 1. The lowest BCUT2D eigenvalue weighted by Gasteiger charge is -2.15. The van der Waals surface area contributed by atoms with E-state index in [9.17, 15) is 0 Å². The first-order valence-corrected chi connectivity index (χ1v) is 5.39. The van der Waals surface area contributed by atoms with Crippen LogP contribution in [0.25, 0.3) is 0 Å². The van der Waals surface area contributed by atoms with E-state index in [4.69, 9.17) is 10.00 Å². The topological polar surface area (TPSA) is 57.9 Å². The highest BCUT2D eigenvalue weighted by Gasteiger charge is 2.07. The molecule has 1 unspecified atom stereocenters. The summed E-state index contributed by atoms with van der Waals surface area (Å²) >= 11 is 0. The molecule has 0 radical (unpaired) electrons. The maximum atomic E-state index is 8.94. The average Bonchev–Trinajstić information content (AvgIpc) is 2.27. The predicted octanol–water partition coefficient (Wildman–Crippen LogP) is 2.10. The highest BCUT2D eigenvalue weighted by atomic mass is 16.5. The number of aromatic nitrogens is 1. The molecule has 1 atom stereocenters. The molecule has 86 valence electrons. The van der Waals surface area contributed by atoms with Crippen molar-refractivity contribution >= 4 is 5.82 Å². The van der Waals surface area contributed by atoms with Gasteiger partial charge in [-0.25, -0.2) is 4.98 Å². The van der Waals surface area contributed by atoms with E-state index < -0.39 is 0 Å². The van der Waals surface area contributed by atoms with Crippen LogP contribution in [0.5, 0.6) is 0 Å². The molecular weight excluding hydrogens is 202 g/mol. The van der Waals surface area contributed by atoms with E-state index in [0.717, 1.165) is 5.69 Å². The number of hydrogen-bond acceptors (Lipinski definition) is 4. The Kier molecular flexibility index (Phi) is 4.74. The van der Waals surface area contributed by atoms with Gasteiger partial charge in [-0.3, -0.25) is 0 Å². The SMILES string of the molecule is CCOCC(C)Nc1nc(C)ccc1C#N. The summed E-state index contributed by atoms with van der Waals surface area (Å²) in [7, 11) is 0. The molecule has 0 amide bonds. The molecule has 4 nitrogen and oxygen atoms in total. The third-order valence-electron chi connectivity index (χ3n) is 2.11. The van der Waals surface area contributed by atoms with E-state index in [1.807, 2.05) is 26.8 Å². The monoisotopic (exact) mass is 219 g/mol. The predicted molar refractivity (Wildman–Crippen MR) is 63.3 cm³/mol. The minimum absolute atomic E-state index is 0.140. The van der Waals surface area contributed by atoms with Crippen LogP contribution in [-0.4, -0.2) is 24.2 Å². The Morgan fingerprint density at radius 1 is 1.56 bits per heavy atom. The molecule has 16 heavy (non-hydrogen) atoms.